The van der Waals surface area contributed by atoms with Crippen molar-refractivity contribution >= 4 is 11.8 Å². The van der Waals surface area contributed by atoms with Gasteiger partial charge in [-0.1, -0.05) is 24.3 Å². The fourth-order valence-corrected chi connectivity index (χ4v) is 4.57. The van der Waals surface area contributed by atoms with Crippen LogP contribution in [0.2, 0.25) is 0 Å². The number of carbonyl (C=O) groups excluding carboxylic acids is 2. The van der Waals surface area contributed by atoms with Crippen molar-refractivity contribution in [1.29, 1.82) is 0 Å². The van der Waals surface area contributed by atoms with Crippen molar-refractivity contribution in [2.45, 2.75) is 33.1 Å². The maximum atomic E-state index is 13.1. The molecule has 0 N–H and O–H groups in total. The Morgan fingerprint density at radius 1 is 0.938 bits per heavy atom. The number of piperazine rings is 1. The summed E-state index contributed by atoms with van der Waals surface area (Å²) in [4.78, 5) is 37.7. The number of nitrogens with zero attached hydrogens (tertiary/aromatic N) is 6. The van der Waals surface area contributed by atoms with Gasteiger partial charge in [0.15, 0.2) is 0 Å². The number of hydrogen-bond acceptors (Lipinski definition) is 5. The molecular formula is C24H26N6O2. The Morgan fingerprint density at radius 3 is 2.44 bits per heavy atom. The van der Waals surface area contributed by atoms with Gasteiger partial charge in [0.2, 0.25) is 5.91 Å². The van der Waals surface area contributed by atoms with Crippen molar-refractivity contribution in [3.05, 3.63) is 59.0 Å². The van der Waals surface area contributed by atoms with E-state index in [9.17, 15) is 9.59 Å². The molecule has 8 nitrogen and oxygen atoms in total. The molecule has 0 bridgehead atoms. The van der Waals surface area contributed by atoms with Crippen molar-refractivity contribution in [3.63, 3.8) is 0 Å². The highest BCUT2D eigenvalue weighted by atomic mass is 16.2. The first-order chi connectivity index (χ1) is 15.5. The molecule has 3 aromatic rings. The largest absolute Gasteiger partial charge is 0.339 e. The molecular weight excluding hydrogens is 404 g/mol. The minimum absolute atomic E-state index is 0.0445. The number of rotatable bonds is 2. The van der Waals surface area contributed by atoms with E-state index in [-0.39, 0.29) is 11.8 Å². The van der Waals surface area contributed by atoms with E-state index in [1.165, 1.54) is 5.56 Å². The third-order valence-corrected chi connectivity index (χ3v) is 6.46. The zero-order valence-corrected chi connectivity index (χ0v) is 18.4. The Balaban J connectivity index is 1.44. The molecule has 0 atom stereocenters. The van der Waals surface area contributed by atoms with E-state index in [1.54, 1.807) is 27.6 Å². The summed E-state index contributed by atoms with van der Waals surface area (Å²) in [5.74, 6) is 0.443. The van der Waals surface area contributed by atoms with E-state index in [0.29, 0.717) is 43.4 Å². The van der Waals surface area contributed by atoms with Crippen LogP contribution < -0.4 is 0 Å². The highest BCUT2D eigenvalue weighted by Gasteiger charge is 2.26. The summed E-state index contributed by atoms with van der Waals surface area (Å²) in [7, 11) is 0. The number of carbonyl (C=O) groups is 2. The fourth-order valence-electron chi connectivity index (χ4n) is 4.57. The lowest BCUT2D eigenvalue weighted by molar-refractivity contribution is -0.130. The maximum Gasteiger partial charge on any atom is 0.257 e. The lowest BCUT2D eigenvalue weighted by Gasteiger charge is -2.34. The van der Waals surface area contributed by atoms with Gasteiger partial charge in [-0.15, -0.1) is 0 Å². The zero-order chi connectivity index (χ0) is 22.2. The molecule has 1 aliphatic heterocycles. The summed E-state index contributed by atoms with van der Waals surface area (Å²) < 4.78 is 1.65. The molecule has 32 heavy (non-hydrogen) atoms. The Labute approximate surface area is 186 Å². The number of hydrogen-bond donors (Lipinski definition) is 0. The summed E-state index contributed by atoms with van der Waals surface area (Å²) in [5, 5.41) is 4.45. The second kappa shape index (κ2) is 8.18. The minimum atomic E-state index is -0.0722. The second-order valence-corrected chi connectivity index (χ2v) is 8.41. The first-order valence-corrected chi connectivity index (χ1v) is 11.1. The van der Waals surface area contributed by atoms with Crippen LogP contribution in [0.4, 0.5) is 0 Å². The van der Waals surface area contributed by atoms with Gasteiger partial charge in [0.05, 0.1) is 23.1 Å². The summed E-state index contributed by atoms with van der Waals surface area (Å²) >= 11 is 0. The molecule has 0 radical (unpaired) electrons. The van der Waals surface area contributed by atoms with E-state index in [2.05, 4.69) is 28.3 Å². The maximum absolute atomic E-state index is 13.1. The van der Waals surface area contributed by atoms with Crippen LogP contribution in [0.5, 0.6) is 0 Å². The average Bonchev–Trinajstić information content (AvgIpc) is 3.10. The van der Waals surface area contributed by atoms with Gasteiger partial charge in [-0.25, -0.2) is 14.6 Å². The Bertz CT molecular complexity index is 1190. The Morgan fingerprint density at radius 2 is 1.66 bits per heavy atom. The molecule has 1 saturated heterocycles. The van der Waals surface area contributed by atoms with Gasteiger partial charge in [0.25, 0.3) is 11.9 Å². The van der Waals surface area contributed by atoms with E-state index >= 15 is 0 Å². The van der Waals surface area contributed by atoms with Crippen LogP contribution in [-0.2, 0) is 17.6 Å². The molecule has 2 aromatic heterocycles. The predicted molar refractivity (Wildman–Crippen MR) is 120 cm³/mol. The molecule has 8 heteroatoms. The number of amides is 2. The van der Waals surface area contributed by atoms with Crippen LogP contribution in [-0.4, -0.2) is 67.5 Å². The van der Waals surface area contributed by atoms with E-state index in [0.717, 1.165) is 36.1 Å². The van der Waals surface area contributed by atoms with Gasteiger partial charge in [-0.2, -0.15) is 5.10 Å². The topological polar surface area (TPSA) is 84.2 Å². The van der Waals surface area contributed by atoms with Crippen LogP contribution in [0.15, 0.2) is 36.7 Å². The lowest BCUT2D eigenvalue weighted by atomic mass is 10.0. The van der Waals surface area contributed by atoms with Crippen LogP contribution >= 0.6 is 0 Å². The molecule has 5 rings (SSSR count). The fraction of sp³-hybridized carbons (Fsp3) is 0.375. The molecule has 2 aliphatic rings. The van der Waals surface area contributed by atoms with Crippen molar-refractivity contribution in [2.24, 2.45) is 0 Å². The molecule has 0 saturated carbocycles. The summed E-state index contributed by atoms with van der Waals surface area (Å²) in [6, 6.07) is 8.38. The standard InChI is InChI=1S/C24H26N6O2/c1-16-21(23(32)29-12-10-28(11-13-29)17(2)31)15-26-30(16)24-25-14-19-8-5-7-18-6-3-4-9-20(18)22(19)27-24/h3-4,6,9,14-15H,5,7-8,10-13H2,1-2H3. The van der Waals surface area contributed by atoms with Gasteiger partial charge in [-0.3, -0.25) is 9.59 Å². The molecule has 3 heterocycles. The smallest absolute Gasteiger partial charge is 0.257 e. The molecule has 0 spiro atoms. The third kappa shape index (κ3) is 3.55. The van der Waals surface area contributed by atoms with Gasteiger partial charge in [-0.05, 0) is 37.3 Å². The van der Waals surface area contributed by atoms with Crippen LogP contribution in [0.3, 0.4) is 0 Å². The Hall–Kier alpha value is -3.55. The quantitative estimate of drug-likeness (QED) is 0.624. The average molecular weight is 431 g/mol. The van der Waals surface area contributed by atoms with Crippen molar-refractivity contribution in [3.8, 4) is 17.2 Å². The van der Waals surface area contributed by atoms with Gasteiger partial charge < -0.3 is 9.80 Å². The van der Waals surface area contributed by atoms with Crippen molar-refractivity contribution < 1.29 is 9.59 Å². The van der Waals surface area contributed by atoms with Gasteiger partial charge in [0, 0.05) is 44.9 Å². The summed E-state index contributed by atoms with van der Waals surface area (Å²) in [6.07, 6.45) is 6.53. The van der Waals surface area contributed by atoms with Gasteiger partial charge in [0.1, 0.15) is 0 Å². The van der Waals surface area contributed by atoms with Crippen LogP contribution in [0.25, 0.3) is 17.2 Å². The summed E-state index contributed by atoms with van der Waals surface area (Å²) in [6.45, 7) is 5.59. The molecule has 1 aromatic carbocycles. The van der Waals surface area contributed by atoms with Crippen LogP contribution in [0.1, 0.15) is 40.5 Å². The zero-order valence-electron chi connectivity index (χ0n) is 18.4. The van der Waals surface area contributed by atoms with Gasteiger partial charge >= 0.3 is 0 Å². The monoisotopic (exact) mass is 430 g/mol. The van der Waals surface area contributed by atoms with E-state index < -0.39 is 0 Å². The van der Waals surface area contributed by atoms with E-state index in [1.807, 2.05) is 19.2 Å². The van der Waals surface area contributed by atoms with Crippen LogP contribution in [0, 0.1) is 6.92 Å². The second-order valence-electron chi connectivity index (χ2n) is 8.41. The normalized spacial score (nSPS) is 15.7. The molecule has 1 fully saturated rings. The molecule has 1 aliphatic carbocycles. The molecule has 2 amide bonds. The number of aryl methyl sites for hydroxylation is 2. The lowest BCUT2D eigenvalue weighted by Crippen LogP contribution is -2.50. The minimum Gasteiger partial charge on any atom is -0.339 e. The predicted octanol–water partition coefficient (Wildman–Crippen LogP) is 2.43. The molecule has 164 valence electrons. The Kier molecular flexibility index (Phi) is 5.20. The van der Waals surface area contributed by atoms with Crippen molar-refractivity contribution in [2.75, 3.05) is 26.2 Å². The first-order valence-electron chi connectivity index (χ1n) is 11.1. The third-order valence-electron chi connectivity index (χ3n) is 6.46. The molecule has 0 unspecified atom stereocenters. The van der Waals surface area contributed by atoms with Crippen molar-refractivity contribution in [1.82, 2.24) is 29.5 Å². The SMILES string of the molecule is CC(=O)N1CCN(C(=O)c2cnn(-c3ncc4c(n3)-c3ccccc3CCC4)c2C)CC1. The number of fused-ring (bicyclic) bond motifs is 3. The summed E-state index contributed by atoms with van der Waals surface area (Å²) in [5.41, 5.74) is 5.79. The number of benzene rings is 1. The highest BCUT2D eigenvalue weighted by Crippen LogP contribution is 2.31. The van der Waals surface area contributed by atoms with E-state index in [4.69, 9.17) is 4.98 Å². The first kappa shape index (κ1) is 20.4. The highest BCUT2D eigenvalue weighted by molar-refractivity contribution is 5.95. The number of aromatic nitrogens is 4.